The summed E-state index contributed by atoms with van der Waals surface area (Å²) in [5, 5.41) is 0. The van der Waals surface area contributed by atoms with Crippen LogP contribution in [0.3, 0.4) is 0 Å². The van der Waals surface area contributed by atoms with Crippen LogP contribution in [0.5, 0.6) is 0 Å². The molecule has 0 aromatic rings. The van der Waals surface area contributed by atoms with Crippen molar-refractivity contribution in [3.05, 3.63) is 0 Å². The van der Waals surface area contributed by atoms with Gasteiger partial charge < -0.3 is 0 Å². The molecule has 8 heteroatoms. The van der Waals surface area contributed by atoms with Gasteiger partial charge in [0.05, 0.1) is 0 Å². The molecule has 0 aliphatic carbocycles. The molecule has 0 heterocycles. The van der Waals surface area contributed by atoms with E-state index in [2.05, 4.69) is 0 Å². The summed E-state index contributed by atoms with van der Waals surface area (Å²) in [6.45, 7) is 0. The second-order valence-electron chi connectivity index (χ2n) is 0. The van der Waals surface area contributed by atoms with Crippen LogP contribution in [-0.2, 0) is 21.7 Å². The van der Waals surface area contributed by atoms with Gasteiger partial charge in [-0.2, -0.15) is 0 Å². The van der Waals surface area contributed by atoms with E-state index in [0.29, 0.717) is 0 Å². The molecule has 0 spiro atoms. The van der Waals surface area contributed by atoms with E-state index >= 15 is 0 Å². The third-order valence-corrected chi connectivity index (χ3v) is 0. The smallest absolute Gasteiger partial charge is 0 e. The van der Waals surface area contributed by atoms with Crippen LogP contribution in [-0.4, -0.2) is 51.4 Å². The molecular formula is H7F6KTi. The monoisotopic (exact) mass is 208 g/mol. The van der Waals surface area contributed by atoms with Gasteiger partial charge in [-0.1, -0.05) is 0 Å². The van der Waals surface area contributed by atoms with Crippen molar-refractivity contribution in [1.29, 1.82) is 0 Å². The molecule has 0 atom stereocenters. The van der Waals surface area contributed by atoms with Gasteiger partial charge in [0.15, 0.2) is 0 Å². The van der Waals surface area contributed by atoms with Crippen molar-refractivity contribution in [2.45, 2.75) is 0 Å². The average molecular weight is 208 g/mol. The van der Waals surface area contributed by atoms with Crippen molar-refractivity contribution in [3.8, 4) is 0 Å². The van der Waals surface area contributed by atoms with E-state index in [4.69, 9.17) is 0 Å². The first-order chi connectivity index (χ1) is 0. The molecule has 0 rings (SSSR count). The van der Waals surface area contributed by atoms with Crippen LogP contribution in [0.4, 0.5) is 28.2 Å². The largest absolute Gasteiger partial charge is 0 e. The van der Waals surface area contributed by atoms with Crippen molar-refractivity contribution >= 4 is 51.4 Å². The second-order valence-corrected chi connectivity index (χ2v) is 0. The molecule has 0 N–H and O–H groups in total. The molecule has 54 valence electrons. The van der Waals surface area contributed by atoms with Crippen LogP contribution in [0.1, 0.15) is 0 Å². The molecule has 8 heavy (non-hydrogen) atoms. The first-order valence-corrected chi connectivity index (χ1v) is 0. The normalized spacial score (nSPS) is 0. The molecule has 0 aliphatic heterocycles. The Bertz CT molecular complexity index is 8.49. The Morgan fingerprint density at radius 1 is 0.375 bits per heavy atom. The van der Waals surface area contributed by atoms with Gasteiger partial charge in [-0.15, -0.1) is 0 Å². The Balaban J connectivity index is 0. The molecule has 0 radical (unpaired) electrons. The Morgan fingerprint density at radius 2 is 0.375 bits per heavy atom. The summed E-state index contributed by atoms with van der Waals surface area (Å²) in [6.07, 6.45) is 0. The zero-order chi connectivity index (χ0) is 0. The fourth-order valence-corrected chi connectivity index (χ4v) is 0. The van der Waals surface area contributed by atoms with Crippen molar-refractivity contribution in [2.75, 3.05) is 0 Å². The van der Waals surface area contributed by atoms with Gasteiger partial charge in [-0.25, -0.2) is 0 Å². The number of hydrogen-bond acceptors (Lipinski definition) is 0. The predicted molar refractivity (Wildman–Crippen MR) is 22.2 cm³/mol. The predicted octanol–water partition coefficient (Wildman–Crippen LogP) is 0.264. The summed E-state index contributed by atoms with van der Waals surface area (Å²) in [5.41, 5.74) is 0. The van der Waals surface area contributed by atoms with Crippen molar-refractivity contribution in [2.24, 2.45) is 0 Å². The van der Waals surface area contributed by atoms with Gasteiger partial charge >= 0.3 is 51.4 Å². The number of rotatable bonds is 0. The summed E-state index contributed by atoms with van der Waals surface area (Å²) < 4.78 is 0. The van der Waals surface area contributed by atoms with Crippen LogP contribution in [0.25, 0.3) is 0 Å². The molecule has 0 aliphatic rings. The zero-order valence-corrected chi connectivity index (χ0v) is 4.51. The Labute approximate surface area is 99.7 Å². The van der Waals surface area contributed by atoms with Crippen molar-refractivity contribution in [1.82, 2.24) is 0 Å². The maximum Gasteiger partial charge on any atom is 0 e. The van der Waals surface area contributed by atoms with Crippen molar-refractivity contribution < 1.29 is 49.9 Å². The van der Waals surface area contributed by atoms with Gasteiger partial charge in [-0.05, 0) is 0 Å². The third kappa shape index (κ3) is 102. The van der Waals surface area contributed by atoms with Crippen LogP contribution >= 0.6 is 0 Å². The van der Waals surface area contributed by atoms with E-state index in [0.717, 1.165) is 0 Å². The molecule has 0 saturated carbocycles. The summed E-state index contributed by atoms with van der Waals surface area (Å²) in [7, 11) is 0. The fourth-order valence-electron chi connectivity index (χ4n) is 0. The van der Waals surface area contributed by atoms with Gasteiger partial charge in [0.1, 0.15) is 0 Å². The summed E-state index contributed by atoms with van der Waals surface area (Å²) in [4.78, 5) is 0. The molecule has 0 bridgehead atoms. The van der Waals surface area contributed by atoms with E-state index in [-0.39, 0.29) is 101 Å². The van der Waals surface area contributed by atoms with Gasteiger partial charge in [0.2, 0.25) is 0 Å². The van der Waals surface area contributed by atoms with E-state index in [9.17, 15) is 0 Å². The molecule has 0 fully saturated rings. The maximum atomic E-state index is 0. The summed E-state index contributed by atoms with van der Waals surface area (Å²) in [6, 6.07) is 0. The molecule has 0 aromatic carbocycles. The minimum atomic E-state index is 0. The van der Waals surface area contributed by atoms with E-state index in [1.165, 1.54) is 0 Å². The number of halogens is 6. The van der Waals surface area contributed by atoms with Gasteiger partial charge in [0, 0.05) is 21.7 Å². The molecule has 0 unspecified atom stereocenters. The average Bonchev–Trinajstić information content (AvgIpc) is 0. The molecular weight excluding hydrogens is 201 g/mol. The van der Waals surface area contributed by atoms with Gasteiger partial charge in [-0.3, -0.25) is 28.2 Å². The fraction of sp³-hybridized carbons (Fsp3) is 0. The quantitative estimate of drug-likeness (QED) is 0.395. The first-order valence-electron chi connectivity index (χ1n) is 0. The summed E-state index contributed by atoms with van der Waals surface area (Å²) >= 11 is 0. The van der Waals surface area contributed by atoms with Gasteiger partial charge in [0.25, 0.3) is 0 Å². The molecule has 0 aromatic heterocycles. The molecule has 0 saturated heterocycles. The van der Waals surface area contributed by atoms with Crippen LogP contribution < -0.4 is 0 Å². The van der Waals surface area contributed by atoms with E-state index in [1.54, 1.807) is 0 Å². The van der Waals surface area contributed by atoms with E-state index in [1.807, 2.05) is 0 Å². The minimum absolute atomic E-state index is 0. The first kappa shape index (κ1) is 212. The zero-order valence-electron chi connectivity index (χ0n) is 2.95. The standard InChI is InChI=1S/6FH.K.Ti.H/h6*1H;;;. The van der Waals surface area contributed by atoms with Crippen LogP contribution in [0, 0.1) is 0 Å². The Hall–Kier alpha value is 1.93. The summed E-state index contributed by atoms with van der Waals surface area (Å²) in [5.74, 6) is 0. The van der Waals surface area contributed by atoms with Crippen molar-refractivity contribution in [3.63, 3.8) is 0 Å². The number of hydrogen-bond donors (Lipinski definition) is 0. The molecule has 0 nitrogen and oxygen atoms in total. The SMILES string of the molecule is F.F.F.F.F.F.[KH].[Ti]. The minimum Gasteiger partial charge on any atom is 0 e. The maximum absolute atomic E-state index is 0. The van der Waals surface area contributed by atoms with E-state index < -0.39 is 0 Å². The Morgan fingerprint density at radius 3 is 0.375 bits per heavy atom. The van der Waals surface area contributed by atoms with Crippen LogP contribution in [0.15, 0.2) is 0 Å². The van der Waals surface area contributed by atoms with Crippen LogP contribution in [0.2, 0.25) is 0 Å². The molecule has 0 amide bonds. The second kappa shape index (κ2) is 151. The topological polar surface area (TPSA) is 0 Å². The Kier molecular flexibility index (Phi) is 4000. The third-order valence-electron chi connectivity index (χ3n) is 0.